The monoisotopic (exact) mass is 290 g/mol. The zero-order valence-electron chi connectivity index (χ0n) is 11.9. The van der Waals surface area contributed by atoms with Crippen molar-refractivity contribution in [1.29, 1.82) is 0 Å². The molecule has 2 N–H and O–H groups in total. The van der Waals surface area contributed by atoms with Gasteiger partial charge in [0.1, 0.15) is 0 Å². The van der Waals surface area contributed by atoms with Gasteiger partial charge in [0.25, 0.3) is 0 Å². The lowest BCUT2D eigenvalue weighted by atomic mass is 9.74. The van der Waals surface area contributed by atoms with Crippen LogP contribution < -0.4 is 4.90 Å². The zero-order chi connectivity index (χ0) is 15.2. The Morgan fingerprint density at radius 1 is 1.14 bits per heavy atom. The first-order valence-electron chi connectivity index (χ1n) is 7.02. The molecule has 2 amide bonds. The Kier molecular flexibility index (Phi) is 3.04. The number of carboxylic acid groups (broad SMARTS) is 2. The SMILES string of the molecule is Cc1ccc2c(c1)C1(CCN(C(=O)O)CC1)CN2C(=O)O. The molecule has 0 radical (unpaired) electrons. The quantitative estimate of drug-likeness (QED) is 0.769. The number of fused-ring (bicyclic) bond motifs is 2. The van der Waals surface area contributed by atoms with Crippen molar-refractivity contribution in [3.8, 4) is 0 Å². The third-order valence-electron chi connectivity index (χ3n) is 4.70. The number of carbonyl (C=O) groups is 2. The van der Waals surface area contributed by atoms with Crippen LogP contribution in [-0.2, 0) is 5.41 Å². The van der Waals surface area contributed by atoms with Crippen LogP contribution in [0.5, 0.6) is 0 Å². The van der Waals surface area contributed by atoms with Crippen LogP contribution in [0.1, 0.15) is 24.0 Å². The van der Waals surface area contributed by atoms with E-state index in [4.69, 9.17) is 5.11 Å². The molecule has 1 fully saturated rings. The zero-order valence-corrected chi connectivity index (χ0v) is 11.9. The van der Waals surface area contributed by atoms with Gasteiger partial charge in [0.05, 0.1) is 5.69 Å². The van der Waals surface area contributed by atoms with E-state index in [-0.39, 0.29) is 5.41 Å². The van der Waals surface area contributed by atoms with E-state index in [1.165, 1.54) is 9.80 Å². The van der Waals surface area contributed by atoms with Crippen LogP contribution in [0.25, 0.3) is 0 Å². The predicted molar refractivity (Wildman–Crippen MR) is 77.1 cm³/mol. The van der Waals surface area contributed by atoms with Gasteiger partial charge in [0, 0.05) is 25.0 Å². The van der Waals surface area contributed by atoms with Gasteiger partial charge in [-0.05, 0) is 31.4 Å². The molecule has 3 rings (SSSR count). The summed E-state index contributed by atoms with van der Waals surface area (Å²) < 4.78 is 0. The van der Waals surface area contributed by atoms with E-state index in [9.17, 15) is 14.7 Å². The van der Waals surface area contributed by atoms with Gasteiger partial charge in [-0.2, -0.15) is 0 Å². The van der Waals surface area contributed by atoms with Gasteiger partial charge in [-0.3, -0.25) is 4.90 Å². The summed E-state index contributed by atoms with van der Waals surface area (Å²) in [6, 6.07) is 5.83. The first kappa shape index (κ1) is 13.7. The molecule has 1 saturated heterocycles. The molecule has 0 unspecified atom stereocenters. The Labute approximate surface area is 122 Å². The molecule has 21 heavy (non-hydrogen) atoms. The minimum atomic E-state index is -0.947. The maximum atomic E-state index is 11.5. The maximum absolute atomic E-state index is 11.5. The summed E-state index contributed by atoms with van der Waals surface area (Å²) in [5.41, 5.74) is 2.65. The Morgan fingerprint density at radius 3 is 2.38 bits per heavy atom. The lowest BCUT2D eigenvalue weighted by Crippen LogP contribution is -2.47. The second-order valence-corrected chi connectivity index (χ2v) is 5.94. The fourth-order valence-corrected chi connectivity index (χ4v) is 3.51. The van der Waals surface area contributed by atoms with E-state index < -0.39 is 12.2 Å². The molecule has 0 atom stereocenters. The average Bonchev–Trinajstić information content (AvgIpc) is 2.74. The largest absolute Gasteiger partial charge is 0.465 e. The number of benzene rings is 1. The van der Waals surface area contributed by atoms with Gasteiger partial charge < -0.3 is 15.1 Å². The number of amides is 2. The van der Waals surface area contributed by atoms with Gasteiger partial charge in [0.15, 0.2) is 0 Å². The highest BCUT2D eigenvalue weighted by atomic mass is 16.4. The number of rotatable bonds is 0. The fraction of sp³-hybridized carbons (Fsp3) is 0.467. The molecule has 1 spiro atoms. The van der Waals surface area contributed by atoms with Crippen LogP contribution in [0.3, 0.4) is 0 Å². The van der Waals surface area contributed by atoms with Gasteiger partial charge in [-0.1, -0.05) is 17.7 Å². The summed E-state index contributed by atoms with van der Waals surface area (Å²) in [5.74, 6) is 0. The van der Waals surface area contributed by atoms with Crippen molar-refractivity contribution in [2.75, 3.05) is 24.5 Å². The molecule has 2 aliphatic heterocycles. The van der Waals surface area contributed by atoms with Crippen LogP contribution in [0.15, 0.2) is 18.2 Å². The number of anilines is 1. The summed E-state index contributed by atoms with van der Waals surface area (Å²) >= 11 is 0. The van der Waals surface area contributed by atoms with Crippen molar-refractivity contribution in [2.45, 2.75) is 25.2 Å². The molecule has 0 bridgehead atoms. The number of likely N-dealkylation sites (tertiary alicyclic amines) is 1. The van der Waals surface area contributed by atoms with Gasteiger partial charge >= 0.3 is 12.2 Å². The molecule has 2 heterocycles. The van der Waals surface area contributed by atoms with Crippen molar-refractivity contribution < 1.29 is 19.8 Å². The Morgan fingerprint density at radius 2 is 1.81 bits per heavy atom. The molecule has 112 valence electrons. The summed E-state index contributed by atoms with van der Waals surface area (Å²) in [5, 5.41) is 18.5. The van der Waals surface area contributed by atoms with E-state index in [0.29, 0.717) is 32.5 Å². The topological polar surface area (TPSA) is 81.1 Å². The van der Waals surface area contributed by atoms with Crippen LogP contribution >= 0.6 is 0 Å². The van der Waals surface area contributed by atoms with Crippen molar-refractivity contribution in [1.82, 2.24) is 4.90 Å². The normalized spacial score (nSPS) is 19.7. The molecule has 1 aromatic carbocycles. The highest BCUT2D eigenvalue weighted by Gasteiger charge is 2.47. The molecule has 6 nitrogen and oxygen atoms in total. The van der Waals surface area contributed by atoms with Crippen LogP contribution in [0, 0.1) is 6.92 Å². The van der Waals surface area contributed by atoms with Gasteiger partial charge in [0.2, 0.25) is 0 Å². The van der Waals surface area contributed by atoms with Crippen LogP contribution in [0.2, 0.25) is 0 Å². The minimum Gasteiger partial charge on any atom is -0.465 e. The van der Waals surface area contributed by atoms with E-state index in [2.05, 4.69) is 6.07 Å². The summed E-state index contributed by atoms with van der Waals surface area (Å²) in [4.78, 5) is 25.3. The van der Waals surface area contributed by atoms with Crippen molar-refractivity contribution in [3.63, 3.8) is 0 Å². The standard InChI is InChI=1S/C15H18N2O4/c1-10-2-3-12-11(8-10)15(9-17(12)14(20)21)4-6-16(7-5-15)13(18)19/h2-3,8H,4-7,9H2,1H3,(H,18,19)(H,20,21). The molecular weight excluding hydrogens is 272 g/mol. The van der Waals surface area contributed by atoms with Crippen LogP contribution in [-0.4, -0.2) is 46.9 Å². The van der Waals surface area contributed by atoms with Crippen LogP contribution in [0.4, 0.5) is 15.3 Å². The molecule has 0 aromatic heterocycles. The first-order chi connectivity index (χ1) is 9.93. The molecule has 0 aliphatic carbocycles. The lowest BCUT2D eigenvalue weighted by molar-refractivity contribution is 0.118. The first-order valence-corrected chi connectivity index (χ1v) is 7.02. The third kappa shape index (κ3) is 2.11. The summed E-state index contributed by atoms with van der Waals surface area (Å²) in [6.07, 6.45) is -0.515. The third-order valence-corrected chi connectivity index (χ3v) is 4.70. The summed E-state index contributed by atoms with van der Waals surface area (Å²) in [7, 11) is 0. The number of hydrogen-bond acceptors (Lipinski definition) is 2. The molecule has 0 saturated carbocycles. The van der Waals surface area contributed by atoms with Gasteiger partial charge in [-0.15, -0.1) is 0 Å². The second-order valence-electron chi connectivity index (χ2n) is 5.94. The van der Waals surface area contributed by atoms with E-state index in [1.807, 2.05) is 19.1 Å². The smallest absolute Gasteiger partial charge is 0.411 e. The van der Waals surface area contributed by atoms with Gasteiger partial charge in [-0.25, -0.2) is 9.59 Å². The highest BCUT2D eigenvalue weighted by Crippen LogP contribution is 2.47. The number of hydrogen-bond donors (Lipinski definition) is 2. The Bertz CT molecular complexity index is 606. The number of nitrogens with zero attached hydrogens (tertiary/aromatic N) is 2. The number of aryl methyl sites for hydroxylation is 1. The molecular formula is C15H18N2O4. The molecule has 2 aliphatic rings. The van der Waals surface area contributed by atoms with E-state index in [1.54, 1.807) is 0 Å². The second kappa shape index (κ2) is 4.65. The minimum absolute atomic E-state index is 0.244. The summed E-state index contributed by atoms with van der Waals surface area (Å²) in [6.45, 7) is 3.32. The lowest BCUT2D eigenvalue weighted by Gasteiger charge is -2.38. The Hall–Kier alpha value is -2.24. The Balaban J connectivity index is 1.97. The molecule has 1 aromatic rings. The average molecular weight is 290 g/mol. The fourth-order valence-electron chi connectivity index (χ4n) is 3.51. The van der Waals surface area contributed by atoms with Crippen molar-refractivity contribution >= 4 is 17.9 Å². The highest BCUT2D eigenvalue weighted by molar-refractivity contribution is 5.90. The van der Waals surface area contributed by atoms with E-state index in [0.717, 1.165) is 16.8 Å². The number of piperidine rings is 1. The van der Waals surface area contributed by atoms with E-state index >= 15 is 0 Å². The van der Waals surface area contributed by atoms with Crippen molar-refractivity contribution in [2.24, 2.45) is 0 Å². The maximum Gasteiger partial charge on any atom is 0.411 e. The predicted octanol–water partition coefficient (Wildman–Crippen LogP) is 2.50. The van der Waals surface area contributed by atoms with Crippen molar-refractivity contribution in [3.05, 3.63) is 29.3 Å². The molecule has 6 heteroatoms.